The van der Waals surface area contributed by atoms with Gasteiger partial charge in [0, 0.05) is 19.2 Å². The van der Waals surface area contributed by atoms with E-state index in [1.54, 1.807) is 0 Å². The molecule has 0 unspecified atom stereocenters. The Bertz CT molecular complexity index is 386. The van der Waals surface area contributed by atoms with Crippen molar-refractivity contribution in [3.05, 3.63) is 18.0 Å². The highest BCUT2D eigenvalue weighted by molar-refractivity contribution is 5.66. The number of carbonyl (C=O) groups is 1. The van der Waals surface area contributed by atoms with Crippen molar-refractivity contribution in [1.29, 1.82) is 5.26 Å². The number of hydrogen-bond donors (Lipinski definition) is 2. The lowest BCUT2D eigenvalue weighted by Gasteiger charge is -2.02. The highest BCUT2D eigenvalue weighted by atomic mass is 16.4. The molecule has 1 rings (SSSR count). The maximum absolute atomic E-state index is 10.2. The second-order valence-corrected chi connectivity index (χ2v) is 2.80. The van der Waals surface area contributed by atoms with Crippen LogP contribution in [-0.4, -0.2) is 27.6 Å². The van der Waals surface area contributed by atoms with Gasteiger partial charge in [-0.1, -0.05) is 0 Å². The summed E-state index contributed by atoms with van der Waals surface area (Å²) in [6.07, 6.45) is 2.07. The van der Waals surface area contributed by atoms with Crippen molar-refractivity contribution in [3.8, 4) is 6.07 Å². The van der Waals surface area contributed by atoms with Crippen LogP contribution in [0.3, 0.4) is 0 Å². The van der Waals surface area contributed by atoms with E-state index >= 15 is 0 Å². The third-order valence-electron chi connectivity index (χ3n) is 1.62. The van der Waals surface area contributed by atoms with Crippen molar-refractivity contribution in [2.75, 3.05) is 11.9 Å². The molecule has 0 bridgehead atoms. The number of nitriles is 1. The Hall–Kier alpha value is -2.16. The number of carboxylic acid groups (broad SMARTS) is 1. The van der Waals surface area contributed by atoms with Gasteiger partial charge < -0.3 is 10.4 Å². The van der Waals surface area contributed by atoms with Crippen molar-refractivity contribution >= 4 is 11.9 Å². The molecule has 0 aliphatic rings. The van der Waals surface area contributed by atoms with Crippen molar-refractivity contribution in [2.24, 2.45) is 0 Å². The number of nitrogens with one attached hydrogen (secondary N) is 1. The highest BCUT2D eigenvalue weighted by Gasteiger charge is 1.99. The van der Waals surface area contributed by atoms with Gasteiger partial charge in [0.25, 0.3) is 0 Å². The van der Waals surface area contributed by atoms with Crippen molar-refractivity contribution in [1.82, 2.24) is 9.97 Å². The molecule has 0 saturated heterocycles. The molecule has 0 aromatic carbocycles. The summed E-state index contributed by atoms with van der Waals surface area (Å²) in [5.74, 6) is -0.483. The predicted molar refractivity (Wildman–Crippen MR) is 52.1 cm³/mol. The Morgan fingerprint density at radius 3 is 3.13 bits per heavy atom. The summed E-state index contributed by atoms with van der Waals surface area (Å²) in [5.41, 5.74) is 0.283. The SMILES string of the molecule is N#Cc1ccnc(NCCCC(=O)O)n1. The molecular formula is C9H10N4O2. The fraction of sp³-hybridized carbons (Fsp3) is 0.333. The largest absolute Gasteiger partial charge is 0.481 e. The van der Waals surface area contributed by atoms with Crippen LogP contribution >= 0.6 is 0 Å². The number of aromatic nitrogens is 2. The monoisotopic (exact) mass is 206 g/mol. The lowest BCUT2D eigenvalue weighted by atomic mass is 10.3. The van der Waals surface area contributed by atoms with Crippen LogP contribution in [0.4, 0.5) is 5.95 Å². The van der Waals surface area contributed by atoms with Gasteiger partial charge in [0.15, 0.2) is 0 Å². The first-order valence-electron chi connectivity index (χ1n) is 4.41. The van der Waals surface area contributed by atoms with E-state index in [1.165, 1.54) is 12.3 Å². The molecule has 1 aromatic rings. The van der Waals surface area contributed by atoms with E-state index in [0.717, 1.165) is 0 Å². The molecule has 6 heteroatoms. The Morgan fingerprint density at radius 2 is 2.47 bits per heavy atom. The van der Waals surface area contributed by atoms with Crippen LogP contribution in [0.1, 0.15) is 18.5 Å². The van der Waals surface area contributed by atoms with E-state index in [-0.39, 0.29) is 12.1 Å². The number of hydrogen-bond acceptors (Lipinski definition) is 5. The summed E-state index contributed by atoms with van der Waals surface area (Å²) >= 11 is 0. The number of aliphatic carboxylic acids is 1. The van der Waals surface area contributed by atoms with Gasteiger partial charge >= 0.3 is 5.97 Å². The Kier molecular flexibility index (Phi) is 4.04. The highest BCUT2D eigenvalue weighted by Crippen LogP contribution is 1.99. The Labute approximate surface area is 86.6 Å². The average molecular weight is 206 g/mol. The van der Waals surface area contributed by atoms with Crippen LogP contribution in [0.15, 0.2) is 12.3 Å². The fourth-order valence-electron chi connectivity index (χ4n) is 0.946. The molecule has 0 spiro atoms. The summed E-state index contributed by atoms with van der Waals surface area (Å²) in [7, 11) is 0. The molecule has 1 aromatic heterocycles. The number of rotatable bonds is 5. The third kappa shape index (κ3) is 4.04. The molecule has 6 nitrogen and oxygen atoms in total. The summed E-state index contributed by atoms with van der Waals surface area (Å²) in [6.45, 7) is 0.473. The molecule has 0 aliphatic heterocycles. The van der Waals surface area contributed by atoms with Crippen LogP contribution in [-0.2, 0) is 4.79 Å². The van der Waals surface area contributed by atoms with Crippen LogP contribution in [0, 0.1) is 11.3 Å². The number of nitrogens with zero attached hydrogens (tertiary/aromatic N) is 3. The minimum Gasteiger partial charge on any atom is -0.481 e. The quantitative estimate of drug-likeness (QED) is 0.685. The van der Waals surface area contributed by atoms with Gasteiger partial charge in [-0.2, -0.15) is 5.26 Å². The van der Waals surface area contributed by atoms with E-state index in [9.17, 15) is 4.79 Å². The molecule has 15 heavy (non-hydrogen) atoms. The van der Waals surface area contributed by atoms with Crippen LogP contribution < -0.4 is 5.32 Å². The minimum atomic E-state index is -0.830. The lowest BCUT2D eigenvalue weighted by molar-refractivity contribution is -0.137. The summed E-state index contributed by atoms with van der Waals surface area (Å²) in [6, 6.07) is 3.39. The second-order valence-electron chi connectivity index (χ2n) is 2.80. The summed E-state index contributed by atoms with van der Waals surface area (Å²) < 4.78 is 0. The van der Waals surface area contributed by atoms with Gasteiger partial charge in [0.05, 0.1) is 0 Å². The first-order chi connectivity index (χ1) is 7.22. The Morgan fingerprint density at radius 1 is 1.67 bits per heavy atom. The zero-order valence-electron chi connectivity index (χ0n) is 7.97. The van der Waals surface area contributed by atoms with E-state index in [0.29, 0.717) is 18.9 Å². The fourth-order valence-corrected chi connectivity index (χ4v) is 0.946. The molecule has 0 radical (unpaired) electrons. The average Bonchev–Trinajstić information content (AvgIpc) is 2.24. The first-order valence-corrected chi connectivity index (χ1v) is 4.41. The van der Waals surface area contributed by atoms with E-state index < -0.39 is 5.97 Å². The van der Waals surface area contributed by atoms with E-state index in [2.05, 4.69) is 15.3 Å². The topological polar surface area (TPSA) is 98.9 Å². The lowest BCUT2D eigenvalue weighted by Crippen LogP contribution is -2.07. The van der Waals surface area contributed by atoms with Gasteiger partial charge in [0.1, 0.15) is 11.8 Å². The molecule has 0 aliphatic carbocycles. The van der Waals surface area contributed by atoms with E-state index in [1.807, 2.05) is 6.07 Å². The van der Waals surface area contributed by atoms with E-state index in [4.69, 9.17) is 10.4 Å². The Balaban J connectivity index is 2.38. The summed E-state index contributed by atoms with van der Waals surface area (Å²) in [5, 5.41) is 19.8. The second kappa shape index (κ2) is 5.54. The molecule has 0 saturated carbocycles. The van der Waals surface area contributed by atoms with Gasteiger partial charge in [-0.05, 0) is 12.5 Å². The van der Waals surface area contributed by atoms with Crippen LogP contribution in [0.25, 0.3) is 0 Å². The van der Waals surface area contributed by atoms with Gasteiger partial charge in [-0.25, -0.2) is 9.97 Å². The molecule has 0 amide bonds. The smallest absolute Gasteiger partial charge is 0.303 e. The normalized spacial score (nSPS) is 9.27. The molecule has 78 valence electrons. The zero-order valence-corrected chi connectivity index (χ0v) is 7.97. The molecule has 0 atom stereocenters. The standard InChI is InChI=1S/C9H10N4O2/c10-6-7-3-5-12-9(13-7)11-4-1-2-8(14)15/h3,5H,1-2,4H2,(H,14,15)(H,11,12,13). The van der Waals surface area contributed by atoms with Crippen LogP contribution in [0.2, 0.25) is 0 Å². The molecule has 0 fully saturated rings. The molecule has 1 heterocycles. The van der Waals surface area contributed by atoms with Crippen LogP contribution in [0.5, 0.6) is 0 Å². The van der Waals surface area contributed by atoms with Crippen molar-refractivity contribution < 1.29 is 9.90 Å². The van der Waals surface area contributed by atoms with Gasteiger partial charge in [-0.3, -0.25) is 4.79 Å². The zero-order chi connectivity index (χ0) is 11.1. The minimum absolute atomic E-state index is 0.102. The summed E-state index contributed by atoms with van der Waals surface area (Å²) in [4.78, 5) is 18.0. The molecular weight excluding hydrogens is 196 g/mol. The van der Waals surface area contributed by atoms with Gasteiger partial charge in [-0.15, -0.1) is 0 Å². The maximum atomic E-state index is 10.2. The van der Waals surface area contributed by atoms with Gasteiger partial charge in [0.2, 0.25) is 5.95 Å². The van der Waals surface area contributed by atoms with Crippen molar-refractivity contribution in [2.45, 2.75) is 12.8 Å². The molecule has 2 N–H and O–H groups in total. The number of carboxylic acids is 1. The first kappa shape index (κ1) is 10.9. The predicted octanol–water partition coefficient (Wildman–Crippen LogP) is 0.625. The third-order valence-corrected chi connectivity index (χ3v) is 1.62. The van der Waals surface area contributed by atoms with Crippen molar-refractivity contribution in [3.63, 3.8) is 0 Å². The maximum Gasteiger partial charge on any atom is 0.303 e. The number of anilines is 1.